The highest BCUT2D eigenvalue weighted by Gasteiger charge is 2.22. The van der Waals surface area contributed by atoms with Gasteiger partial charge < -0.3 is 14.3 Å². The third-order valence-corrected chi connectivity index (χ3v) is 4.23. The highest BCUT2D eigenvalue weighted by Crippen LogP contribution is 2.23. The van der Waals surface area contributed by atoms with Crippen molar-refractivity contribution in [2.75, 3.05) is 6.54 Å². The van der Waals surface area contributed by atoms with Gasteiger partial charge in [0.2, 0.25) is 5.89 Å². The summed E-state index contributed by atoms with van der Waals surface area (Å²) in [5.41, 5.74) is 0.0109. The van der Waals surface area contributed by atoms with Gasteiger partial charge in [-0.05, 0) is 19.3 Å². The van der Waals surface area contributed by atoms with Gasteiger partial charge in [0, 0.05) is 24.9 Å². The molecular formula is C16H25N5O. The quantitative estimate of drug-likeness (QED) is 0.938. The molecule has 3 rings (SSSR count). The lowest BCUT2D eigenvalue weighted by molar-refractivity contribution is 0.329. The summed E-state index contributed by atoms with van der Waals surface area (Å²) in [4.78, 5) is 4.35. The molecule has 0 radical (unpaired) electrons. The van der Waals surface area contributed by atoms with Crippen molar-refractivity contribution in [3.63, 3.8) is 0 Å². The van der Waals surface area contributed by atoms with Crippen LogP contribution in [0.25, 0.3) is 0 Å². The first-order chi connectivity index (χ1) is 10.4. The van der Waals surface area contributed by atoms with Crippen LogP contribution in [0.15, 0.2) is 10.6 Å². The van der Waals surface area contributed by atoms with E-state index in [4.69, 9.17) is 4.42 Å². The van der Waals surface area contributed by atoms with Gasteiger partial charge in [0.1, 0.15) is 17.4 Å². The topological polar surface area (TPSA) is 68.8 Å². The van der Waals surface area contributed by atoms with Crippen molar-refractivity contribution < 1.29 is 4.42 Å². The first-order valence-electron chi connectivity index (χ1n) is 7.98. The Kier molecular flexibility index (Phi) is 4.04. The number of hydrogen-bond donors (Lipinski definition) is 1. The molecular weight excluding hydrogens is 278 g/mol. The highest BCUT2D eigenvalue weighted by molar-refractivity contribution is 5.06. The first-order valence-corrected chi connectivity index (χ1v) is 7.98. The van der Waals surface area contributed by atoms with Crippen LogP contribution in [0.4, 0.5) is 0 Å². The number of rotatable bonds is 4. The molecule has 0 amide bonds. The van der Waals surface area contributed by atoms with Crippen molar-refractivity contribution in [1.29, 1.82) is 0 Å². The molecule has 120 valence electrons. The van der Waals surface area contributed by atoms with Crippen LogP contribution in [-0.2, 0) is 24.9 Å². The molecule has 2 aromatic heterocycles. The van der Waals surface area contributed by atoms with Crippen LogP contribution in [0.5, 0.6) is 0 Å². The minimum Gasteiger partial charge on any atom is -0.444 e. The van der Waals surface area contributed by atoms with Crippen molar-refractivity contribution >= 4 is 0 Å². The molecule has 6 nitrogen and oxygen atoms in total. The number of aromatic nitrogens is 4. The zero-order chi connectivity index (χ0) is 15.7. The fourth-order valence-electron chi connectivity index (χ4n) is 2.82. The largest absolute Gasteiger partial charge is 0.444 e. The molecule has 0 saturated carbocycles. The SMILES string of the molecule is Cc1nnc2n1C[C@H](CNCc1ncc(C(C)(C)C)o1)CC2. The van der Waals surface area contributed by atoms with Gasteiger partial charge in [-0.2, -0.15) is 0 Å². The maximum Gasteiger partial charge on any atom is 0.208 e. The van der Waals surface area contributed by atoms with Crippen LogP contribution in [0.3, 0.4) is 0 Å². The lowest BCUT2D eigenvalue weighted by Gasteiger charge is -2.24. The fourth-order valence-corrected chi connectivity index (χ4v) is 2.82. The molecule has 0 unspecified atom stereocenters. The van der Waals surface area contributed by atoms with Gasteiger partial charge in [-0.15, -0.1) is 10.2 Å². The predicted octanol–water partition coefficient (Wildman–Crippen LogP) is 2.22. The smallest absolute Gasteiger partial charge is 0.208 e. The lowest BCUT2D eigenvalue weighted by Crippen LogP contribution is -2.30. The van der Waals surface area contributed by atoms with Crippen LogP contribution in [0.1, 0.15) is 50.5 Å². The van der Waals surface area contributed by atoms with Gasteiger partial charge in [-0.1, -0.05) is 20.8 Å². The molecule has 6 heteroatoms. The molecule has 0 bridgehead atoms. The second-order valence-corrected chi connectivity index (χ2v) is 7.18. The van der Waals surface area contributed by atoms with E-state index in [0.29, 0.717) is 12.5 Å². The second-order valence-electron chi connectivity index (χ2n) is 7.18. The number of aryl methyl sites for hydroxylation is 2. The fraction of sp³-hybridized carbons (Fsp3) is 0.688. The highest BCUT2D eigenvalue weighted by atomic mass is 16.4. The molecule has 0 aliphatic carbocycles. The summed E-state index contributed by atoms with van der Waals surface area (Å²) in [5, 5.41) is 11.8. The molecule has 0 fully saturated rings. The molecule has 2 aromatic rings. The Morgan fingerprint density at radius 3 is 2.91 bits per heavy atom. The summed E-state index contributed by atoms with van der Waals surface area (Å²) < 4.78 is 8.04. The molecule has 22 heavy (non-hydrogen) atoms. The van der Waals surface area contributed by atoms with Crippen molar-refractivity contribution in [3.8, 4) is 0 Å². The average Bonchev–Trinajstić information content (AvgIpc) is 3.06. The summed E-state index contributed by atoms with van der Waals surface area (Å²) in [6.45, 7) is 11.1. The van der Waals surface area contributed by atoms with Crippen molar-refractivity contribution in [2.24, 2.45) is 5.92 Å². The third-order valence-electron chi connectivity index (χ3n) is 4.23. The van der Waals surface area contributed by atoms with E-state index in [-0.39, 0.29) is 5.41 Å². The molecule has 0 spiro atoms. The number of oxazole rings is 1. The van der Waals surface area contributed by atoms with Gasteiger partial charge in [0.05, 0.1) is 12.7 Å². The normalized spacial score (nSPS) is 18.5. The molecule has 1 N–H and O–H groups in total. The maximum absolute atomic E-state index is 5.80. The molecule has 1 atom stereocenters. The average molecular weight is 303 g/mol. The first kappa shape index (κ1) is 15.2. The molecule has 1 aliphatic heterocycles. The van der Waals surface area contributed by atoms with E-state index in [2.05, 4.69) is 45.8 Å². The summed E-state index contributed by atoms with van der Waals surface area (Å²) in [5.74, 6) is 4.45. The third kappa shape index (κ3) is 3.21. The van der Waals surface area contributed by atoms with Gasteiger partial charge in [0.15, 0.2) is 0 Å². The zero-order valence-electron chi connectivity index (χ0n) is 13.9. The van der Waals surface area contributed by atoms with Gasteiger partial charge >= 0.3 is 0 Å². The number of nitrogens with one attached hydrogen (secondary N) is 1. The summed E-state index contributed by atoms with van der Waals surface area (Å²) in [6, 6.07) is 0. The Morgan fingerprint density at radius 2 is 2.18 bits per heavy atom. The summed E-state index contributed by atoms with van der Waals surface area (Å²) >= 11 is 0. The monoisotopic (exact) mass is 303 g/mol. The van der Waals surface area contributed by atoms with E-state index in [1.165, 1.54) is 0 Å². The number of nitrogens with zero attached hydrogens (tertiary/aromatic N) is 4. The molecule has 0 aromatic carbocycles. The Bertz CT molecular complexity index is 637. The summed E-state index contributed by atoms with van der Waals surface area (Å²) in [6.07, 6.45) is 4.01. The predicted molar refractivity (Wildman–Crippen MR) is 83.5 cm³/mol. The lowest BCUT2D eigenvalue weighted by atomic mass is 9.94. The zero-order valence-corrected chi connectivity index (χ0v) is 13.9. The number of hydrogen-bond acceptors (Lipinski definition) is 5. The van der Waals surface area contributed by atoms with E-state index < -0.39 is 0 Å². The molecule has 3 heterocycles. The minimum atomic E-state index is 0.0109. The minimum absolute atomic E-state index is 0.0109. The van der Waals surface area contributed by atoms with Gasteiger partial charge in [-0.3, -0.25) is 0 Å². The van der Waals surface area contributed by atoms with E-state index in [1.807, 2.05) is 13.1 Å². The maximum atomic E-state index is 5.80. The molecule has 1 aliphatic rings. The van der Waals surface area contributed by atoms with E-state index >= 15 is 0 Å². The van der Waals surface area contributed by atoms with Crippen molar-refractivity contribution in [3.05, 3.63) is 29.5 Å². The molecule has 0 saturated heterocycles. The van der Waals surface area contributed by atoms with Crippen molar-refractivity contribution in [2.45, 2.75) is 59.0 Å². The van der Waals surface area contributed by atoms with E-state index in [0.717, 1.165) is 49.2 Å². The van der Waals surface area contributed by atoms with Crippen LogP contribution in [0.2, 0.25) is 0 Å². The Labute approximate surface area is 131 Å². The van der Waals surface area contributed by atoms with Gasteiger partial charge in [0.25, 0.3) is 0 Å². The Balaban J connectivity index is 1.50. The van der Waals surface area contributed by atoms with Crippen molar-refractivity contribution in [1.82, 2.24) is 25.1 Å². The van der Waals surface area contributed by atoms with Crippen LogP contribution in [-0.4, -0.2) is 26.3 Å². The van der Waals surface area contributed by atoms with Crippen LogP contribution < -0.4 is 5.32 Å². The van der Waals surface area contributed by atoms with E-state index in [1.54, 1.807) is 0 Å². The second kappa shape index (κ2) is 5.83. The standard InChI is InChI=1S/C16H25N5O/c1-11-19-20-14-6-5-12(10-21(11)14)7-17-9-15-18-8-13(22-15)16(2,3)4/h8,12,17H,5-7,9-10H2,1-4H3/t12-/m0/s1. The van der Waals surface area contributed by atoms with E-state index in [9.17, 15) is 0 Å². The van der Waals surface area contributed by atoms with Gasteiger partial charge in [-0.25, -0.2) is 4.98 Å². The Hall–Kier alpha value is -1.69. The Morgan fingerprint density at radius 1 is 1.36 bits per heavy atom. The van der Waals surface area contributed by atoms with Crippen LogP contribution in [0, 0.1) is 12.8 Å². The number of fused-ring (bicyclic) bond motifs is 1. The summed E-state index contributed by atoms with van der Waals surface area (Å²) in [7, 11) is 0. The van der Waals surface area contributed by atoms with Crippen LogP contribution >= 0.6 is 0 Å².